The lowest BCUT2D eigenvalue weighted by Crippen LogP contribution is -2.14. The molecule has 0 aliphatic carbocycles. The molecule has 1 N–H and O–H groups in total. The molecule has 0 aliphatic rings. The highest BCUT2D eigenvalue weighted by Crippen LogP contribution is 1.97. The van der Waals surface area contributed by atoms with E-state index in [0.29, 0.717) is 0 Å². The van der Waals surface area contributed by atoms with E-state index < -0.39 is 0 Å². The van der Waals surface area contributed by atoms with Crippen molar-refractivity contribution in [2.75, 3.05) is 6.54 Å². The Bertz CT molecular complexity index is 206. The molecule has 86 valence electrons. The van der Waals surface area contributed by atoms with Crippen LogP contribution < -0.4 is 5.32 Å². The molecule has 1 rings (SSSR count). The van der Waals surface area contributed by atoms with E-state index >= 15 is 0 Å². The maximum absolute atomic E-state index is 3.40. The van der Waals surface area contributed by atoms with Gasteiger partial charge in [0.2, 0.25) is 0 Å². The summed E-state index contributed by atoms with van der Waals surface area (Å²) in [5, 5.41) is 3.40. The van der Waals surface area contributed by atoms with E-state index in [1.54, 1.807) is 0 Å². The lowest BCUT2D eigenvalue weighted by molar-refractivity contribution is 0.641. The van der Waals surface area contributed by atoms with Crippen LogP contribution in [0.15, 0.2) is 30.3 Å². The van der Waals surface area contributed by atoms with Crippen LogP contribution in [0.25, 0.3) is 0 Å². The number of benzene rings is 1. The monoisotopic (exact) mass is 207 g/mol. The maximum Gasteiger partial charge on any atom is 0.0205 e. The number of rotatable bonds is 5. The Kier molecular flexibility index (Phi) is 10.6. The summed E-state index contributed by atoms with van der Waals surface area (Å²) in [5.74, 6) is 0. The van der Waals surface area contributed by atoms with Gasteiger partial charge < -0.3 is 5.32 Å². The van der Waals surface area contributed by atoms with Gasteiger partial charge in [-0.15, -0.1) is 0 Å². The second-order valence-electron chi connectivity index (χ2n) is 3.72. The first-order chi connectivity index (χ1) is 7.35. The fourth-order valence-electron chi connectivity index (χ4n) is 1.13. The Labute approximate surface area is 94.9 Å². The summed E-state index contributed by atoms with van der Waals surface area (Å²) >= 11 is 0. The van der Waals surface area contributed by atoms with Crippen LogP contribution >= 0.6 is 0 Å². The number of nitrogens with one attached hydrogen (secondary N) is 1. The molecule has 0 atom stereocenters. The molecule has 0 fully saturated rings. The second-order valence-corrected chi connectivity index (χ2v) is 3.72. The van der Waals surface area contributed by atoms with E-state index in [-0.39, 0.29) is 0 Å². The van der Waals surface area contributed by atoms with E-state index in [1.807, 2.05) is 0 Å². The first-order valence-electron chi connectivity index (χ1n) is 6.09. The van der Waals surface area contributed by atoms with E-state index in [9.17, 15) is 0 Å². The van der Waals surface area contributed by atoms with Crippen molar-refractivity contribution in [2.24, 2.45) is 0 Å². The van der Waals surface area contributed by atoms with Crippen molar-refractivity contribution in [3.63, 3.8) is 0 Å². The second kappa shape index (κ2) is 11.3. The van der Waals surface area contributed by atoms with Gasteiger partial charge in [-0.3, -0.25) is 0 Å². The molecule has 0 saturated heterocycles. The third-order valence-electron chi connectivity index (χ3n) is 1.88. The van der Waals surface area contributed by atoms with Gasteiger partial charge in [-0.25, -0.2) is 0 Å². The van der Waals surface area contributed by atoms with Crippen molar-refractivity contribution in [3.05, 3.63) is 35.9 Å². The number of unbranched alkanes of at least 4 members (excludes halogenated alkanes) is 1. The zero-order chi connectivity index (χ0) is 11.4. The number of hydrogen-bond donors (Lipinski definition) is 1. The van der Waals surface area contributed by atoms with E-state index in [4.69, 9.17) is 0 Å². The highest BCUT2D eigenvalue weighted by Gasteiger charge is 1.88. The van der Waals surface area contributed by atoms with Crippen molar-refractivity contribution in [2.45, 2.75) is 46.6 Å². The standard InChI is InChI=1S/C11H17N.C3H8/c1-2-3-9-12-10-11-7-5-4-6-8-11;1-3-2/h4-8,12H,2-3,9-10H2,1H3;3H2,1-2H3. The lowest BCUT2D eigenvalue weighted by atomic mass is 10.2. The molecule has 0 amide bonds. The van der Waals surface area contributed by atoms with Crippen molar-refractivity contribution in [3.8, 4) is 0 Å². The minimum atomic E-state index is 1.00. The van der Waals surface area contributed by atoms with Gasteiger partial charge in [0.25, 0.3) is 0 Å². The van der Waals surface area contributed by atoms with Gasteiger partial charge in [0.05, 0.1) is 0 Å². The first kappa shape index (κ1) is 14.2. The van der Waals surface area contributed by atoms with E-state index in [1.165, 1.54) is 24.8 Å². The Hall–Kier alpha value is -0.820. The van der Waals surface area contributed by atoms with Crippen LogP contribution in [-0.4, -0.2) is 6.54 Å². The topological polar surface area (TPSA) is 12.0 Å². The Morgan fingerprint density at radius 2 is 1.60 bits per heavy atom. The number of hydrogen-bond acceptors (Lipinski definition) is 1. The summed E-state index contributed by atoms with van der Waals surface area (Å²) in [6, 6.07) is 10.5. The molecule has 1 aromatic carbocycles. The molecule has 1 heteroatoms. The van der Waals surface area contributed by atoms with Gasteiger partial charge in [-0.05, 0) is 18.5 Å². The minimum absolute atomic E-state index is 1.00. The van der Waals surface area contributed by atoms with Gasteiger partial charge >= 0.3 is 0 Å². The largest absolute Gasteiger partial charge is 0.313 e. The normalized spacial score (nSPS) is 9.27. The Balaban J connectivity index is 0.000000583. The van der Waals surface area contributed by atoms with Crippen LogP contribution in [0, 0.1) is 0 Å². The quantitative estimate of drug-likeness (QED) is 0.720. The summed E-state index contributed by atoms with van der Waals surface area (Å²) in [6.07, 6.45) is 3.79. The highest BCUT2D eigenvalue weighted by atomic mass is 14.8. The fraction of sp³-hybridized carbons (Fsp3) is 0.571. The van der Waals surface area contributed by atoms with Crippen molar-refractivity contribution in [1.82, 2.24) is 5.32 Å². The average molecular weight is 207 g/mol. The van der Waals surface area contributed by atoms with Crippen LogP contribution in [0.4, 0.5) is 0 Å². The zero-order valence-electron chi connectivity index (χ0n) is 10.4. The van der Waals surface area contributed by atoms with Crippen molar-refractivity contribution < 1.29 is 0 Å². The summed E-state index contributed by atoms with van der Waals surface area (Å²) in [6.45, 7) is 8.59. The smallest absolute Gasteiger partial charge is 0.0205 e. The fourth-order valence-corrected chi connectivity index (χ4v) is 1.13. The van der Waals surface area contributed by atoms with Gasteiger partial charge in [0.1, 0.15) is 0 Å². The lowest BCUT2D eigenvalue weighted by Gasteiger charge is -2.02. The van der Waals surface area contributed by atoms with Crippen LogP contribution in [-0.2, 0) is 6.54 Å². The van der Waals surface area contributed by atoms with Gasteiger partial charge in [-0.2, -0.15) is 0 Å². The van der Waals surface area contributed by atoms with Crippen molar-refractivity contribution in [1.29, 1.82) is 0 Å². The average Bonchev–Trinajstić information content (AvgIpc) is 2.27. The van der Waals surface area contributed by atoms with E-state index in [0.717, 1.165) is 13.1 Å². The predicted octanol–water partition coefficient (Wildman–Crippen LogP) is 3.99. The molecule has 0 saturated carbocycles. The van der Waals surface area contributed by atoms with Crippen LogP contribution in [0.3, 0.4) is 0 Å². The molecule has 0 radical (unpaired) electrons. The zero-order valence-corrected chi connectivity index (χ0v) is 10.4. The molecule has 0 aliphatic heterocycles. The third kappa shape index (κ3) is 9.48. The molecule has 0 bridgehead atoms. The predicted molar refractivity (Wildman–Crippen MR) is 69.0 cm³/mol. The summed E-state index contributed by atoms with van der Waals surface area (Å²) in [5.41, 5.74) is 1.37. The molecule has 1 aromatic rings. The van der Waals surface area contributed by atoms with Crippen LogP contribution in [0.1, 0.15) is 45.6 Å². The van der Waals surface area contributed by atoms with E-state index in [2.05, 4.69) is 56.4 Å². The molecule has 0 aromatic heterocycles. The Morgan fingerprint density at radius 3 is 2.13 bits per heavy atom. The van der Waals surface area contributed by atoms with Gasteiger partial charge in [-0.1, -0.05) is 63.9 Å². The molecule has 15 heavy (non-hydrogen) atoms. The summed E-state index contributed by atoms with van der Waals surface area (Å²) in [4.78, 5) is 0. The van der Waals surface area contributed by atoms with Crippen LogP contribution in [0.5, 0.6) is 0 Å². The molecule has 0 heterocycles. The molecule has 0 unspecified atom stereocenters. The Morgan fingerprint density at radius 1 is 1.00 bits per heavy atom. The summed E-state index contributed by atoms with van der Waals surface area (Å²) < 4.78 is 0. The minimum Gasteiger partial charge on any atom is -0.313 e. The highest BCUT2D eigenvalue weighted by molar-refractivity contribution is 5.14. The molecular weight excluding hydrogens is 182 g/mol. The van der Waals surface area contributed by atoms with Gasteiger partial charge in [0.15, 0.2) is 0 Å². The maximum atomic E-state index is 3.40. The molecule has 1 nitrogen and oxygen atoms in total. The molecular formula is C14H25N. The van der Waals surface area contributed by atoms with Gasteiger partial charge in [0, 0.05) is 6.54 Å². The SMILES string of the molecule is CCC.CCCCNCc1ccccc1. The third-order valence-corrected chi connectivity index (χ3v) is 1.88. The summed E-state index contributed by atoms with van der Waals surface area (Å²) in [7, 11) is 0. The van der Waals surface area contributed by atoms with Crippen LogP contribution in [0.2, 0.25) is 0 Å². The van der Waals surface area contributed by atoms with Crippen molar-refractivity contribution >= 4 is 0 Å². The first-order valence-corrected chi connectivity index (χ1v) is 6.09. The molecule has 0 spiro atoms.